The lowest BCUT2D eigenvalue weighted by Crippen LogP contribution is -2.51. The van der Waals surface area contributed by atoms with Gasteiger partial charge in [-0.3, -0.25) is 9.59 Å². The van der Waals surface area contributed by atoms with Gasteiger partial charge in [-0.1, -0.05) is 61.4 Å². The second kappa shape index (κ2) is 9.72. The standard InChI is InChI=1S/C28H32N2O5/c1-17-18(27(32)33)14-15-30(17)26(31)23-12-6-7-13-25(23)29-28(34)35-16-24-21-10-4-2-8-19(21)20-9-3-5-11-22(20)24/h2-5,8-11,17-18,23-25H,6-7,12-16H2,1H3,(H,29,34)(H,32,33). The van der Waals surface area contributed by atoms with E-state index in [1.807, 2.05) is 24.3 Å². The summed E-state index contributed by atoms with van der Waals surface area (Å²) in [6.45, 7) is 2.49. The molecular formula is C28H32N2O5. The van der Waals surface area contributed by atoms with Crippen LogP contribution >= 0.6 is 0 Å². The van der Waals surface area contributed by atoms with Crippen molar-refractivity contribution in [3.05, 3.63) is 59.7 Å². The van der Waals surface area contributed by atoms with Crippen LogP contribution in [0.25, 0.3) is 11.1 Å². The number of carboxylic acid groups (broad SMARTS) is 1. The van der Waals surface area contributed by atoms with Crippen LogP contribution in [-0.4, -0.2) is 53.2 Å². The van der Waals surface area contributed by atoms with Gasteiger partial charge in [-0.15, -0.1) is 0 Å². The molecule has 2 aromatic carbocycles. The molecule has 2 aromatic rings. The van der Waals surface area contributed by atoms with Crippen LogP contribution < -0.4 is 5.32 Å². The summed E-state index contributed by atoms with van der Waals surface area (Å²) in [4.78, 5) is 39.4. The molecule has 2 fully saturated rings. The molecule has 3 aliphatic rings. The zero-order valence-electron chi connectivity index (χ0n) is 20.0. The summed E-state index contributed by atoms with van der Waals surface area (Å²) >= 11 is 0. The van der Waals surface area contributed by atoms with Crippen LogP contribution in [0.2, 0.25) is 0 Å². The van der Waals surface area contributed by atoms with Crippen molar-refractivity contribution < 1.29 is 24.2 Å². The molecule has 1 aliphatic heterocycles. The number of hydrogen-bond donors (Lipinski definition) is 2. The quantitative estimate of drug-likeness (QED) is 0.667. The van der Waals surface area contributed by atoms with E-state index in [0.717, 1.165) is 24.0 Å². The van der Waals surface area contributed by atoms with Crippen molar-refractivity contribution in [1.29, 1.82) is 0 Å². The van der Waals surface area contributed by atoms with Crippen LogP contribution in [0.3, 0.4) is 0 Å². The Labute approximate surface area is 205 Å². The second-order valence-electron chi connectivity index (χ2n) is 9.97. The molecule has 184 valence electrons. The number of amides is 2. The van der Waals surface area contributed by atoms with Gasteiger partial charge in [0, 0.05) is 24.5 Å². The highest BCUT2D eigenvalue weighted by Gasteiger charge is 2.43. The predicted molar refractivity (Wildman–Crippen MR) is 131 cm³/mol. The fraction of sp³-hybridized carbons (Fsp3) is 0.464. The van der Waals surface area contributed by atoms with Crippen molar-refractivity contribution >= 4 is 18.0 Å². The maximum absolute atomic E-state index is 13.4. The number of nitrogens with zero attached hydrogens (tertiary/aromatic N) is 1. The minimum absolute atomic E-state index is 0.0182. The molecule has 35 heavy (non-hydrogen) atoms. The minimum Gasteiger partial charge on any atom is -0.481 e. The van der Waals surface area contributed by atoms with Crippen molar-refractivity contribution in [2.75, 3.05) is 13.2 Å². The summed E-state index contributed by atoms with van der Waals surface area (Å²) in [7, 11) is 0. The zero-order valence-corrected chi connectivity index (χ0v) is 20.0. The maximum Gasteiger partial charge on any atom is 0.407 e. The number of carboxylic acids is 1. The molecular weight excluding hydrogens is 444 g/mol. The van der Waals surface area contributed by atoms with Crippen molar-refractivity contribution in [1.82, 2.24) is 10.2 Å². The molecule has 1 saturated carbocycles. The summed E-state index contributed by atoms with van der Waals surface area (Å²) in [6, 6.07) is 15.8. The van der Waals surface area contributed by atoms with Crippen molar-refractivity contribution in [3.63, 3.8) is 0 Å². The van der Waals surface area contributed by atoms with Gasteiger partial charge in [-0.25, -0.2) is 4.79 Å². The lowest BCUT2D eigenvalue weighted by molar-refractivity contribution is -0.144. The first-order valence-corrected chi connectivity index (χ1v) is 12.6. The average Bonchev–Trinajstić information content (AvgIpc) is 3.41. The van der Waals surface area contributed by atoms with Gasteiger partial charge in [-0.2, -0.15) is 0 Å². The van der Waals surface area contributed by atoms with Gasteiger partial charge in [0.2, 0.25) is 5.91 Å². The lowest BCUT2D eigenvalue weighted by Gasteiger charge is -2.35. The molecule has 2 amide bonds. The van der Waals surface area contributed by atoms with Crippen LogP contribution in [0.15, 0.2) is 48.5 Å². The van der Waals surface area contributed by atoms with E-state index in [4.69, 9.17) is 4.74 Å². The summed E-state index contributed by atoms with van der Waals surface area (Å²) in [6.07, 6.45) is 3.23. The number of aliphatic carboxylic acids is 1. The average molecular weight is 477 g/mol. The molecule has 0 spiro atoms. The van der Waals surface area contributed by atoms with E-state index in [-0.39, 0.29) is 36.4 Å². The van der Waals surface area contributed by atoms with Crippen LogP contribution in [0.1, 0.15) is 56.1 Å². The topological polar surface area (TPSA) is 95.9 Å². The number of benzene rings is 2. The van der Waals surface area contributed by atoms with Gasteiger partial charge >= 0.3 is 12.1 Å². The highest BCUT2D eigenvalue weighted by molar-refractivity contribution is 5.83. The number of likely N-dealkylation sites (tertiary alicyclic amines) is 1. The zero-order chi connectivity index (χ0) is 24.5. The molecule has 0 radical (unpaired) electrons. The Hall–Kier alpha value is -3.35. The third-order valence-electron chi connectivity index (χ3n) is 8.09. The van der Waals surface area contributed by atoms with E-state index in [1.54, 1.807) is 11.8 Å². The summed E-state index contributed by atoms with van der Waals surface area (Å²) in [5.74, 6) is -1.81. The molecule has 4 atom stereocenters. The Kier molecular flexibility index (Phi) is 6.50. The maximum atomic E-state index is 13.4. The predicted octanol–water partition coefficient (Wildman–Crippen LogP) is 4.41. The van der Waals surface area contributed by atoms with Gasteiger partial charge in [0.05, 0.1) is 11.8 Å². The first-order valence-electron chi connectivity index (χ1n) is 12.6. The SMILES string of the molecule is CC1C(C(=O)O)CCN1C(=O)C1CCCCC1NC(=O)OCC1c2ccccc2-c2ccccc21. The number of fused-ring (bicyclic) bond motifs is 3. The Morgan fingerprint density at radius 1 is 0.943 bits per heavy atom. The fourth-order valence-corrected chi connectivity index (χ4v) is 6.18. The number of ether oxygens (including phenoxy) is 1. The van der Waals surface area contributed by atoms with Crippen molar-refractivity contribution in [2.24, 2.45) is 11.8 Å². The molecule has 7 nitrogen and oxygen atoms in total. The molecule has 1 heterocycles. The smallest absolute Gasteiger partial charge is 0.407 e. The Balaban J connectivity index is 1.23. The lowest BCUT2D eigenvalue weighted by atomic mass is 9.83. The van der Waals surface area contributed by atoms with E-state index in [0.29, 0.717) is 25.8 Å². The van der Waals surface area contributed by atoms with Crippen LogP contribution in [0, 0.1) is 11.8 Å². The van der Waals surface area contributed by atoms with Gasteiger partial charge in [-0.05, 0) is 48.4 Å². The number of carbonyl (C=O) groups is 3. The Morgan fingerprint density at radius 2 is 1.57 bits per heavy atom. The molecule has 1 saturated heterocycles. The van der Waals surface area contributed by atoms with E-state index < -0.39 is 18.0 Å². The van der Waals surface area contributed by atoms with E-state index >= 15 is 0 Å². The summed E-state index contributed by atoms with van der Waals surface area (Å²) in [5.41, 5.74) is 4.66. The number of rotatable bonds is 5. The number of carbonyl (C=O) groups excluding carboxylic acids is 2. The first kappa shape index (κ1) is 23.4. The van der Waals surface area contributed by atoms with Gasteiger partial charge in [0.25, 0.3) is 0 Å². The van der Waals surface area contributed by atoms with Crippen LogP contribution in [-0.2, 0) is 14.3 Å². The number of nitrogens with one attached hydrogen (secondary N) is 1. The number of alkyl carbamates (subject to hydrolysis) is 1. The normalized spacial score (nSPS) is 25.6. The highest BCUT2D eigenvalue weighted by atomic mass is 16.5. The molecule has 0 aromatic heterocycles. The monoisotopic (exact) mass is 476 g/mol. The molecule has 2 aliphatic carbocycles. The largest absolute Gasteiger partial charge is 0.481 e. The van der Waals surface area contributed by atoms with Crippen molar-refractivity contribution in [3.8, 4) is 11.1 Å². The van der Waals surface area contributed by atoms with Gasteiger partial charge in [0.1, 0.15) is 6.61 Å². The Bertz CT molecular complexity index is 1090. The summed E-state index contributed by atoms with van der Waals surface area (Å²) in [5, 5.41) is 12.4. The Morgan fingerprint density at radius 3 is 2.20 bits per heavy atom. The fourth-order valence-electron chi connectivity index (χ4n) is 6.18. The molecule has 5 rings (SSSR count). The molecule has 4 unspecified atom stereocenters. The van der Waals surface area contributed by atoms with Gasteiger partial charge < -0.3 is 20.1 Å². The van der Waals surface area contributed by atoms with Gasteiger partial charge in [0.15, 0.2) is 0 Å². The molecule has 0 bridgehead atoms. The first-order chi connectivity index (χ1) is 17.0. The second-order valence-corrected chi connectivity index (χ2v) is 9.97. The third kappa shape index (κ3) is 4.40. The van der Waals surface area contributed by atoms with Crippen molar-refractivity contribution in [2.45, 2.75) is 57.0 Å². The summed E-state index contributed by atoms with van der Waals surface area (Å²) < 4.78 is 5.71. The van der Waals surface area contributed by atoms with Crippen LogP contribution in [0.4, 0.5) is 4.79 Å². The van der Waals surface area contributed by atoms with Crippen LogP contribution in [0.5, 0.6) is 0 Å². The minimum atomic E-state index is -0.857. The number of hydrogen-bond acceptors (Lipinski definition) is 4. The van der Waals surface area contributed by atoms with E-state index in [2.05, 4.69) is 29.6 Å². The molecule has 7 heteroatoms. The highest BCUT2D eigenvalue weighted by Crippen LogP contribution is 2.44. The van der Waals surface area contributed by atoms with E-state index in [1.165, 1.54) is 11.1 Å². The molecule has 2 N–H and O–H groups in total. The van der Waals surface area contributed by atoms with E-state index in [9.17, 15) is 19.5 Å². The third-order valence-corrected chi connectivity index (χ3v) is 8.09.